The molecule has 0 amide bonds. The van der Waals surface area contributed by atoms with Crippen molar-refractivity contribution in [3.8, 4) is 0 Å². The van der Waals surface area contributed by atoms with Crippen LogP contribution < -0.4 is 10.2 Å². The van der Waals surface area contributed by atoms with Crippen molar-refractivity contribution in [1.82, 2.24) is 25.0 Å². The number of hydrogen-bond acceptors (Lipinski definition) is 5. The lowest BCUT2D eigenvalue weighted by Crippen LogP contribution is -2.53. The molecule has 1 N–H and O–H groups in total. The molecule has 1 saturated heterocycles. The van der Waals surface area contributed by atoms with Crippen LogP contribution in [0.5, 0.6) is 0 Å². The van der Waals surface area contributed by atoms with Crippen LogP contribution in [0.15, 0.2) is 35.6 Å². The number of nitrogens with one attached hydrogen (secondary N) is 1. The Morgan fingerprint density at radius 3 is 2.59 bits per heavy atom. The van der Waals surface area contributed by atoms with Crippen LogP contribution in [-0.4, -0.2) is 78.1 Å². The van der Waals surface area contributed by atoms with E-state index in [1.54, 1.807) is 6.33 Å². The topological polar surface area (TPSA) is 70.8 Å². The first-order chi connectivity index (χ1) is 15.2. The van der Waals surface area contributed by atoms with Gasteiger partial charge in [0.1, 0.15) is 18.0 Å². The molecule has 1 aromatic carbocycles. The first kappa shape index (κ1) is 26.3. The Hall–Kier alpha value is -1.95. The molecule has 1 aliphatic rings. The van der Waals surface area contributed by atoms with Crippen LogP contribution in [0.4, 0.5) is 10.1 Å². The summed E-state index contributed by atoms with van der Waals surface area (Å²) in [7, 11) is 0. The Bertz CT molecular complexity index is 807. The molecule has 0 bridgehead atoms. The Kier molecular flexibility index (Phi) is 11.7. The number of anilines is 1. The van der Waals surface area contributed by atoms with Crippen LogP contribution in [0, 0.1) is 5.82 Å². The van der Waals surface area contributed by atoms with Gasteiger partial charge in [0.25, 0.3) is 0 Å². The highest BCUT2D eigenvalue weighted by Gasteiger charge is 2.20. The molecular weight excluding hydrogens is 524 g/mol. The van der Waals surface area contributed by atoms with E-state index in [0.717, 1.165) is 89.3 Å². The Morgan fingerprint density at radius 2 is 1.91 bits per heavy atom. The number of rotatable bonds is 10. The maximum atomic E-state index is 13.2. The first-order valence-electron chi connectivity index (χ1n) is 11.2. The summed E-state index contributed by atoms with van der Waals surface area (Å²) in [5.74, 6) is 1.72. The number of halogens is 2. The minimum atomic E-state index is -0.201. The zero-order valence-corrected chi connectivity index (χ0v) is 21.4. The number of aliphatic imine (C=N–C) groups is 1. The van der Waals surface area contributed by atoms with E-state index in [0.29, 0.717) is 0 Å². The predicted molar refractivity (Wildman–Crippen MR) is 136 cm³/mol. The lowest BCUT2D eigenvalue weighted by atomic mass is 10.2. The molecule has 32 heavy (non-hydrogen) atoms. The summed E-state index contributed by atoms with van der Waals surface area (Å²) >= 11 is 0. The average Bonchev–Trinajstić information content (AvgIpc) is 3.26. The minimum Gasteiger partial charge on any atom is -0.382 e. The Labute approximate surface area is 207 Å². The van der Waals surface area contributed by atoms with Gasteiger partial charge in [0, 0.05) is 71.1 Å². The van der Waals surface area contributed by atoms with Gasteiger partial charge in [-0.05, 0) is 37.6 Å². The molecule has 0 aliphatic carbocycles. The summed E-state index contributed by atoms with van der Waals surface area (Å²) in [5.41, 5.74) is 1.06. The van der Waals surface area contributed by atoms with Gasteiger partial charge >= 0.3 is 0 Å². The lowest BCUT2D eigenvalue weighted by Gasteiger charge is -2.37. The highest BCUT2D eigenvalue weighted by Crippen LogP contribution is 2.17. The molecule has 0 spiro atoms. The molecule has 0 radical (unpaired) electrons. The fourth-order valence-corrected chi connectivity index (χ4v) is 3.62. The summed E-state index contributed by atoms with van der Waals surface area (Å²) in [6.45, 7) is 11.3. The number of benzene rings is 1. The average molecular weight is 559 g/mol. The van der Waals surface area contributed by atoms with Gasteiger partial charge in [-0.2, -0.15) is 0 Å². The second-order valence-corrected chi connectivity index (χ2v) is 7.43. The number of piperazine rings is 1. The summed E-state index contributed by atoms with van der Waals surface area (Å²) in [4.78, 5) is 9.42. The van der Waals surface area contributed by atoms with Crippen LogP contribution in [0.3, 0.4) is 0 Å². The molecule has 2 aromatic rings. The minimum absolute atomic E-state index is 0. The summed E-state index contributed by atoms with van der Waals surface area (Å²) in [6, 6.07) is 6.72. The fourth-order valence-electron chi connectivity index (χ4n) is 3.62. The second kappa shape index (κ2) is 14.2. The van der Waals surface area contributed by atoms with Crippen LogP contribution in [0.1, 0.15) is 26.1 Å². The molecule has 0 unspecified atom stereocenters. The highest BCUT2D eigenvalue weighted by molar-refractivity contribution is 14.0. The van der Waals surface area contributed by atoms with Gasteiger partial charge in [0.05, 0.1) is 0 Å². The van der Waals surface area contributed by atoms with E-state index < -0.39 is 0 Å². The van der Waals surface area contributed by atoms with Gasteiger partial charge in [-0.1, -0.05) is 6.92 Å². The van der Waals surface area contributed by atoms with Crippen molar-refractivity contribution in [2.24, 2.45) is 4.99 Å². The highest BCUT2D eigenvalue weighted by atomic mass is 127. The van der Waals surface area contributed by atoms with Crippen molar-refractivity contribution in [2.45, 2.75) is 33.2 Å². The molecule has 1 fully saturated rings. The number of ether oxygens (including phenoxy) is 1. The van der Waals surface area contributed by atoms with Crippen LogP contribution in [0.2, 0.25) is 0 Å². The smallest absolute Gasteiger partial charge is 0.194 e. The van der Waals surface area contributed by atoms with Gasteiger partial charge in [-0.3, -0.25) is 4.99 Å². The van der Waals surface area contributed by atoms with E-state index in [4.69, 9.17) is 9.73 Å². The summed E-state index contributed by atoms with van der Waals surface area (Å²) in [6.07, 6.45) is 3.55. The van der Waals surface area contributed by atoms with Crippen molar-refractivity contribution >= 4 is 35.6 Å². The maximum Gasteiger partial charge on any atom is 0.194 e. The van der Waals surface area contributed by atoms with Crippen molar-refractivity contribution in [2.75, 3.05) is 57.4 Å². The monoisotopic (exact) mass is 559 g/mol. The maximum absolute atomic E-state index is 13.2. The summed E-state index contributed by atoms with van der Waals surface area (Å²) < 4.78 is 20.7. The number of nitrogens with zero attached hydrogens (tertiary/aromatic N) is 6. The molecule has 1 aliphatic heterocycles. The molecule has 10 heteroatoms. The third kappa shape index (κ3) is 7.88. The molecule has 0 saturated carbocycles. The standard InChI is InChI=1S/C22H34FN7O.HI/c1-3-21-27-26-18-30(21)12-11-25-22(24-10-5-17-31-4-2)29-15-13-28(14-16-29)20-8-6-19(23)7-9-20;/h6-9,18H,3-5,10-17H2,1-2H3,(H,24,25);1H. The van der Waals surface area contributed by atoms with Crippen LogP contribution >= 0.6 is 24.0 Å². The molecular formula is C22H35FIN7O. The van der Waals surface area contributed by atoms with Gasteiger partial charge in [-0.25, -0.2) is 4.39 Å². The first-order valence-corrected chi connectivity index (χ1v) is 11.2. The van der Waals surface area contributed by atoms with Crippen LogP contribution in [-0.2, 0) is 17.7 Å². The van der Waals surface area contributed by atoms with Crippen molar-refractivity contribution < 1.29 is 9.13 Å². The fraction of sp³-hybridized carbons (Fsp3) is 0.591. The molecule has 8 nitrogen and oxygen atoms in total. The second-order valence-electron chi connectivity index (χ2n) is 7.43. The quantitative estimate of drug-likeness (QED) is 0.209. The van der Waals surface area contributed by atoms with Crippen molar-refractivity contribution in [3.05, 3.63) is 42.2 Å². The SMILES string of the molecule is CCOCCCN=C(NCCn1cnnc1CC)N1CCN(c2ccc(F)cc2)CC1.I. The van der Waals surface area contributed by atoms with Crippen molar-refractivity contribution in [1.29, 1.82) is 0 Å². The number of hydrogen-bond donors (Lipinski definition) is 1. The van der Waals surface area contributed by atoms with Gasteiger partial charge in [0.15, 0.2) is 5.96 Å². The molecule has 178 valence electrons. The Morgan fingerprint density at radius 1 is 1.16 bits per heavy atom. The number of aromatic nitrogens is 3. The van der Waals surface area contributed by atoms with E-state index in [1.165, 1.54) is 12.1 Å². The Balaban J connectivity index is 0.00000363. The van der Waals surface area contributed by atoms with Gasteiger partial charge in [0.2, 0.25) is 0 Å². The largest absolute Gasteiger partial charge is 0.382 e. The predicted octanol–water partition coefficient (Wildman–Crippen LogP) is 2.79. The molecule has 3 rings (SSSR count). The normalized spacial score (nSPS) is 14.4. The molecule has 1 aromatic heterocycles. The number of aryl methyl sites for hydroxylation is 1. The van der Waals surface area contributed by atoms with Crippen LogP contribution in [0.25, 0.3) is 0 Å². The van der Waals surface area contributed by atoms with Crippen molar-refractivity contribution in [3.63, 3.8) is 0 Å². The molecule has 0 atom stereocenters. The lowest BCUT2D eigenvalue weighted by molar-refractivity contribution is 0.146. The van der Waals surface area contributed by atoms with E-state index in [2.05, 4.69) is 36.8 Å². The van der Waals surface area contributed by atoms with E-state index in [9.17, 15) is 4.39 Å². The third-order valence-electron chi connectivity index (χ3n) is 5.33. The zero-order valence-electron chi connectivity index (χ0n) is 19.0. The van der Waals surface area contributed by atoms with E-state index in [-0.39, 0.29) is 29.8 Å². The van der Waals surface area contributed by atoms with Gasteiger partial charge in [-0.15, -0.1) is 34.2 Å². The van der Waals surface area contributed by atoms with E-state index >= 15 is 0 Å². The zero-order chi connectivity index (χ0) is 21.9. The van der Waals surface area contributed by atoms with E-state index in [1.807, 2.05) is 19.1 Å². The molecule has 2 heterocycles. The number of guanidine groups is 1. The van der Waals surface area contributed by atoms with Gasteiger partial charge < -0.3 is 24.4 Å². The third-order valence-corrected chi connectivity index (χ3v) is 5.33. The summed E-state index contributed by atoms with van der Waals surface area (Å²) in [5, 5.41) is 11.7.